The number of nitrogens with one attached hydrogen (secondary N) is 1. The van der Waals surface area contributed by atoms with E-state index < -0.39 is 12.1 Å². The number of pyridine rings is 1. The third-order valence-electron chi connectivity index (χ3n) is 5.10. The van der Waals surface area contributed by atoms with E-state index in [9.17, 15) is 9.18 Å². The van der Waals surface area contributed by atoms with Crippen molar-refractivity contribution < 1.29 is 18.7 Å². The molecule has 1 fully saturated rings. The molecule has 30 heavy (non-hydrogen) atoms. The number of hydrogen-bond donors (Lipinski definition) is 1. The van der Waals surface area contributed by atoms with E-state index in [1.54, 1.807) is 31.4 Å². The Morgan fingerprint density at radius 2 is 1.87 bits per heavy atom. The topological polar surface area (TPSA) is 94.4 Å². The van der Waals surface area contributed by atoms with Crippen LogP contribution in [0.1, 0.15) is 6.42 Å². The highest BCUT2D eigenvalue weighted by Crippen LogP contribution is 2.40. The van der Waals surface area contributed by atoms with Crippen molar-refractivity contribution in [2.75, 3.05) is 38.5 Å². The molecule has 0 spiro atoms. The Morgan fingerprint density at radius 1 is 1.23 bits per heavy atom. The summed E-state index contributed by atoms with van der Waals surface area (Å²) in [7, 11) is 8.63. The minimum absolute atomic E-state index is 0.270. The van der Waals surface area contributed by atoms with Crippen molar-refractivity contribution in [1.29, 1.82) is 0 Å². The first-order chi connectivity index (χ1) is 14.3. The lowest BCUT2D eigenvalue weighted by molar-refractivity contribution is -0.117. The van der Waals surface area contributed by atoms with Crippen molar-refractivity contribution in [2.24, 2.45) is 13.0 Å². The van der Waals surface area contributed by atoms with Crippen molar-refractivity contribution >= 4 is 28.6 Å². The smallest absolute Gasteiger partial charge is 0.231 e. The van der Waals surface area contributed by atoms with Crippen LogP contribution >= 0.6 is 0 Å². The van der Waals surface area contributed by atoms with E-state index in [4.69, 9.17) is 9.47 Å². The number of anilines is 2. The second kappa shape index (κ2) is 7.43. The molecule has 1 N–H and O–H groups in total. The maximum Gasteiger partial charge on any atom is 0.231 e. The average Bonchev–Trinajstić information content (AvgIpc) is 3.38. The highest BCUT2D eigenvalue weighted by atomic mass is 19.1. The lowest BCUT2D eigenvalue weighted by Gasteiger charge is -2.17. The number of nitrogens with zero attached hydrogens (tertiary/aromatic N) is 5. The summed E-state index contributed by atoms with van der Waals surface area (Å²) in [5.41, 5.74) is 2.20. The van der Waals surface area contributed by atoms with E-state index in [2.05, 4.69) is 20.3 Å². The molecule has 1 aliphatic rings. The number of rotatable bonds is 6. The van der Waals surface area contributed by atoms with Crippen molar-refractivity contribution in [3.63, 3.8) is 0 Å². The fourth-order valence-corrected chi connectivity index (χ4v) is 3.32. The van der Waals surface area contributed by atoms with Gasteiger partial charge in [-0.2, -0.15) is 9.97 Å². The molecular formula is C20H23FN6O3. The molecule has 2 atom stereocenters. The zero-order valence-electron chi connectivity index (χ0n) is 17.4. The summed E-state index contributed by atoms with van der Waals surface area (Å²) < 4.78 is 26.1. The van der Waals surface area contributed by atoms with E-state index in [0.717, 1.165) is 16.6 Å². The van der Waals surface area contributed by atoms with E-state index in [-0.39, 0.29) is 12.3 Å². The monoisotopic (exact) mass is 414 g/mol. The number of carbonyl (C=O) groups excluding carboxylic acids is 1. The number of aromatic nitrogens is 4. The summed E-state index contributed by atoms with van der Waals surface area (Å²) in [5.74, 6) is 0.670. The van der Waals surface area contributed by atoms with Gasteiger partial charge in [0.1, 0.15) is 17.6 Å². The molecule has 9 nitrogen and oxygen atoms in total. The summed E-state index contributed by atoms with van der Waals surface area (Å²) in [5, 5.41) is 3.52. The number of alkyl halides is 1. The molecule has 3 heterocycles. The molecule has 1 saturated carbocycles. The maximum atomic E-state index is 13.1. The quantitative estimate of drug-likeness (QED) is 0.662. The van der Waals surface area contributed by atoms with Crippen LogP contribution in [0.25, 0.3) is 22.2 Å². The molecule has 0 unspecified atom stereocenters. The molecule has 0 bridgehead atoms. The van der Waals surface area contributed by atoms with Gasteiger partial charge in [-0.25, -0.2) is 9.37 Å². The molecule has 1 aliphatic carbocycles. The molecule has 0 saturated heterocycles. The van der Waals surface area contributed by atoms with Gasteiger partial charge >= 0.3 is 0 Å². The number of hydrogen-bond acceptors (Lipinski definition) is 7. The average molecular weight is 414 g/mol. The Balaban J connectivity index is 1.78. The van der Waals surface area contributed by atoms with Gasteiger partial charge < -0.3 is 24.3 Å². The Kier molecular flexibility index (Phi) is 4.92. The summed E-state index contributed by atoms with van der Waals surface area (Å²) in [4.78, 5) is 27.0. The largest absolute Gasteiger partial charge is 0.480 e. The third-order valence-corrected chi connectivity index (χ3v) is 5.10. The van der Waals surface area contributed by atoms with Gasteiger partial charge in [0.25, 0.3) is 0 Å². The number of aryl methyl sites for hydroxylation is 1. The first-order valence-corrected chi connectivity index (χ1v) is 9.42. The molecule has 0 aliphatic heterocycles. The Morgan fingerprint density at radius 3 is 2.40 bits per heavy atom. The molecule has 0 aromatic carbocycles. The van der Waals surface area contributed by atoms with Gasteiger partial charge in [0.15, 0.2) is 0 Å². The minimum Gasteiger partial charge on any atom is -0.480 e. The van der Waals surface area contributed by atoms with Crippen molar-refractivity contribution in [3.05, 3.63) is 18.3 Å². The SMILES string of the molecule is COc1nc(N(C)C)nc(OC)c1-c1cc2cc(NC(=O)[C@@H]3C[C@@H]3F)ncc2n1C. The Labute approximate surface area is 172 Å². The normalized spacial score (nSPS) is 17.7. The molecule has 1 amide bonds. The maximum absolute atomic E-state index is 13.1. The summed E-state index contributed by atoms with van der Waals surface area (Å²) in [6, 6.07) is 3.67. The lowest BCUT2D eigenvalue weighted by atomic mass is 10.2. The summed E-state index contributed by atoms with van der Waals surface area (Å²) >= 11 is 0. The van der Waals surface area contributed by atoms with Gasteiger partial charge in [0, 0.05) is 26.5 Å². The van der Waals surface area contributed by atoms with Crippen LogP contribution in [0.5, 0.6) is 11.8 Å². The van der Waals surface area contributed by atoms with E-state index in [0.29, 0.717) is 29.1 Å². The lowest BCUT2D eigenvalue weighted by Crippen LogP contribution is -2.15. The fourth-order valence-electron chi connectivity index (χ4n) is 3.32. The molecule has 3 aromatic heterocycles. The molecular weight excluding hydrogens is 391 g/mol. The van der Waals surface area contributed by atoms with Gasteiger partial charge in [-0.15, -0.1) is 0 Å². The predicted molar refractivity (Wildman–Crippen MR) is 111 cm³/mol. The number of halogens is 1. The minimum atomic E-state index is -1.05. The van der Waals surface area contributed by atoms with Crippen LogP contribution in [-0.4, -0.2) is 59.9 Å². The van der Waals surface area contributed by atoms with Crippen molar-refractivity contribution in [1.82, 2.24) is 19.5 Å². The Bertz CT molecular complexity index is 1100. The molecule has 10 heteroatoms. The second-order valence-corrected chi connectivity index (χ2v) is 7.38. The fraction of sp³-hybridized carbons (Fsp3) is 0.400. The number of ether oxygens (including phenoxy) is 2. The molecule has 3 aromatic rings. The van der Waals surface area contributed by atoms with Crippen LogP contribution in [0.3, 0.4) is 0 Å². The van der Waals surface area contributed by atoms with E-state index in [1.165, 1.54) is 0 Å². The van der Waals surface area contributed by atoms with Gasteiger partial charge in [0.05, 0.1) is 37.5 Å². The molecule has 158 valence electrons. The predicted octanol–water partition coefficient (Wildman–Crippen LogP) is 2.41. The number of carbonyl (C=O) groups is 1. The van der Waals surface area contributed by atoms with Crippen LogP contribution in [-0.2, 0) is 11.8 Å². The van der Waals surface area contributed by atoms with Gasteiger partial charge in [-0.05, 0) is 18.6 Å². The van der Waals surface area contributed by atoms with Crippen LogP contribution in [0.2, 0.25) is 0 Å². The number of amides is 1. The first kappa shape index (κ1) is 19.9. The summed E-state index contributed by atoms with van der Waals surface area (Å²) in [6.07, 6.45) is 0.871. The number of fused-ring (bicyclic) bond motifs is 1. The highest BCUT2D eigenvalue weighted by Gasteiger charge is 2.43. The first-order valence-electron chi connectivity index (χ1n) is 9.42. The third kappa shape index (κ3) is 3.38. The molecule has 0 radical (unpaired) electrons. The standard InChI is InChI=1S/C20H23FN6O3/c1-26(2)20-24-18(29-4)16(19(25-20)30-5)13-6-10-7-15(22-9-14(10)27(13)3)23-17(28)11-8-12(11)21/h6-7,9,11-12H,8H2,1-5H3,(H,22,23,28)/t11-,12+/m1/s1. The van der Waals surface area contributed by atoms with Crippen LogP contribution in [0, 0.1) is 5.92 Å². The van der Waals surface area contributed by atoms with Crippen LogP contribution in [0.15, 0.2) is 18.3 Å². The zero-order chi connectivity index (χ0) is 21.6. The summed E-state index contributed by atoms with van der Waals surface area (Å²) in [6.45, 7) is 0. The molecule has 4 rings (SSSR count). The highest BCUT2D eigenvalue weighted by molar-refractivity contribution is 5.96. The van der Waals surface area contributed by atoms with Gasteiger partial charge in [0.2, 0.25) is 23.6 Å². The van der Waals surface area contributed by atoms with Crippen LogP contribution in [0.4, 0.5) is 16.2 Å². The van der Waals surface area contributed by atoms with E-state index in [1.807, 2.05) is 31.8 Å². The van der Waals surface area contributed by atoms with Crippen LogP contribution < -0.4 is 19.7 Å². The van der Waals surface area contributed by atoms with Gasteiger partial charge in [-0.1, -0.05) is 0 Å². The Hall–Kier alpha value is -3.43. The second-order valence-electron chi connectivity index (χ2n) is 7.38. The van der Waals surface area contributed by atoms with Crippen molar-refractivity contribution in [2.45, 2.75) is 12.6 Å². The number of methoxy groups -OCH3 is 2. The van der Waals surface area contributed by atoms with Crippen molar-refractivity contribution in [3.8, 4) is 23.0 Å². The zero-order valence-corrected chi connectivity index (χ0v) is 17.4. The van der Waals surface area contributed by atoms with E-state index >= 15 is 0 Å². The van der Waals surface area contributed by atoms with Gasteiger partial charge in [-0.3, -0.25) is 4.79 Å².